The summed E-state index contributed by atoms with van der Waals surface area (Å²) < 4.78 is 0. The molecule has 0 fully saturated rings. The van der Waals surface area contributed by atoms with Crippen LogP contribution in [-0.4, -0.2) is 6.54 Å². The molecule has 0 amide bonds. The predicted molar refractivity (Wildman–Crippen MR) is 267 cm³/mol. The van der Waals surface area contributed by atoms with Crippen molar-refractivity contribution < 1.29 is 0 Å². The maximum atomic E-state index is 4.33. The highest BCUT2D eigenvalue weighted by molar-refractivity contribution is 6.01. The van der Waals surface area contributed by atoms with Gasteiger partial charge >= 0.3 is 0 Å². The van der Waals surface area contributed by atoms with Crippen LogP contribution in [0.3, 0.4) is 0 Å². The summed E-state index contributed by atoms with van der Waals surface area (Å²) >= 11 is 0. The first-order valence-electron chi connectivity index (χ1n) is 21.4. The van der Waals surface area contributed by atoms with Crippen molar-refractivity contribution >= 4 is 49.3 Å². The Labute approximate surface area is 363 Å². The van der Waals surface area contributed by atoms with Crippen LogP contribution in [0.15, 0.2) is 243 Å². The van der Waals surface area contributed by atoms with Crippen molar-refractivity contribution in [3.8, 4) is 55.6 Å². The molecule has 62 heavy (non-hydrogen) atoms. The zero-order valence-corrected chi connectivity index (χ0v) is 34.4. The van der Waals surface area contributed by atoms with Crippen LogP contribution in [0, 0.1) is 0 Å². The lowest BCUT2D eigenvalue weighted by atomic mass is 9.89. The van der Waals surface area contributed by atoms with Gasteiger partial charge in [-0.1, -0.05) is 195 Å². The number of hydrogen-bond donors (Lipinski definition) is 0. The van der Waals surface area contributed by atoms with E-state index in [2.05, 4.69) is 248 Å². The molecule has 1 heteroatoms. The standard InChI is InChI=1S/C61H43N/c1-42-13-3-2-10-36-62(61-23-9-8-18-56(42)61)55-34-32-44(33-35-55)49-29-31-50-37-48(28-30-51(50)38-49)43-24-26-45(27-25-43)52-39-53(59-21-11-16-46-14-4-6-19-57(46)59)41-54(40-52)60-22-12-17-47-15-5-7-20-58(47)60/h2-35,37-41H,1,36H2/b10-2-,13-3-. The van der Waals surface area contributed by atoms with Gasteiger partial charge in [-0.25, -0.2) is 0 Å². The summed E-state index contributed by atoms with van der Waals surface area (Å²) in [7, 11) is 0. The Hall–Kier alpha value is -8.00. The van der Waals surface area contributed by atoms with Gasteiger partial charge in [0.25, 0.3) is 0 Å². The molecule has 292 valence electrons. The van der Waals surface area contributed by atoms with E-state index in [0.717, 1.165) is 29.1 Å². The number of rotatable bonds is 6. The summed E-state index contributed by atoms with van der Waals surface area (Å²) in [6.07, 6.45) is 8.45. The topological polar surface area (TPSA) is 3.24 Å². The SMILES string of the molecule is C=C1/C=C\C=C/CN(c2ccc(-c3ccc4cc(-c5ccc(-c6cc(-c7cccc8ccccc78)cc(-c7cccc8ccccc78)c6)cc5)ccc4c3)cc2)c2ccccc21. The molecule has 0 saturated heterocycles. The summed E-state index contributed by atoms with van der Waals surface area (Å²) in [6, 6.07) is 77.9. The number of benzene rings is 10. The Bertz CT molecular complexity index is 3270. The van der Waals surface area contributed by atoms with E-state index in [9.17, 15) is 0 Å². The Morgan fingerprint density at radius 3 is 1.42 bits per heavy atom. The monoisotopic (exact) mass is 789 g/mol. The molecule has 1 aliphatic heterocycles. The Morgan fingerprint density at radius 1 is 0.339 bits per heavy atom. The van der Waals surface area contributed by atoms with Crippen molar-refractivity contribution in [3.05, 3.63) is 249 Å². The summed E-state index contributed by atoms with van der Waals surface area (Å²) in [6.45, 7) is 5.11. The van der Waals surface area contributed by atoms with E-state index in [4.69, 9.17) is 0 Å². The first kappa shape index (κ1) is 37.0. The molecule has 1 aliphatic rings. The van der Waals surface area contributed by atoms with Crippen molar-refractivity contribution in [2.75, 3.05) is 11.4 Å². The van der Waals surface area contributed by atoms with Crippen molar-refractivity contribution in [1.82, 2.24) is 0 Å². The maximum absolute atomic E-state index is 4.33. The van der Waals surface area contributed by atoms with E-state index in [1.54, 1.807) is 0 Å². The first-order chi connectivity index (χ1) is 30.6. The van der Waals surface area contributed by atoms with Crippen molar-refractivity contribution in [2.45, 2.75) is 0 Å². The molecule has 0 aromatic heterocycles. The van der Waals surface area contributed by atoms with Gasteiger partial charge in [-0.3, -0.25) is 0 Å². The van der Waals surface area contributed by atoms with Crippen LogP contribution in [0.2, 0.25) is 0 Å². The number of anilines is 2. The average molecular weight is 790 g/mol. The predicted octanol–water partition coefficient (Wildman–Crippen LogP) is 16.8. The van der Waals surface area contributed by atoms with Gasteiger partial charge in [0, 0.05) is 23.5 Å². The lowest BCUT2D eigenvalue weighted by molar-refractivity contribution is 1.09. The highest BCUT2D eigenvalue weighted by Crippen LogP contribution is 2.40. The number of fused-ring (bicyclic) bond motifs is 4. The van der Waals surface area contributed by atoms with Gasteiger partial charge in [0.15, 0.2) is 0 Å². The third-order valence-electron chi connectivity index (χ3n) is 12.4. The summed E-state index contributed by atoms with van der Waals surface area (Å²) in [5.41, 5.74) is 16.6. The normalized spacial score (nSPS) is 13.7. The van der Waals surface area contributed by atoms with Gasteiger partial charge < -0.3 is 4.90 Å². The molecular formula is C61H43N. The molecule has 0 spiro atoms. The number of allylic oxidation sites excluding steroid dienone is 4. The second kappa shape index (κ2) is 15.9. The van der Waals surface area contributed by atoms with E-state index < -0.39 is 0 Å². The highest BCUT2D eigenvalue weighted by Gasteiger charge is 2.16. The van der Waals surface area contributed by atoms with Crippen molar-refractivity contribution in [3.63, 3.8) is 0 Å². The molecule has 1 nitrogen and oxygen atoms in total. The second-order valence-corrected chi connectivity index (χ2v) is 16.2. The molecule has 0 bridgehead atoms. The fourth-order valence-corrected chi connectivity index (χ4v) is 9.18. The third-order valence-corrected chi connectivity index (χ3v) is 12.4. The molecule has 0 atom stereocenters. The van der Waals surface area contributed by atoms with Crippen molar-refractivity contribution in [1.29, 1.82) is 0 Å². The second-order valence-electron chi connectivity index (χ2n) is 16.2. The Balaban J connectivity index is 0.895. The number of nitrogens with zero attached hydrogens (tertiary/aromatic N) is 1. The van der Waals surface area contributed by atoms with Crippen LogP contribution in [-0.2, 0) is 0 Å². The molecule has 0 N–H and O–H groups in total. The number of hydrogen-bond acceptors (Lipinski definition) is 1. The van der Waals surface area contributed by atoms with Gasteiger partial charge in [0.1, 0.15) is 0 Å². The quantitative estimate of drug-likeness (QED) is 0.162. The van der Waals surface area contributed by atoms with Crippen LogP contribution in [0.5, 0.6) is 0 Å². The molecular weight excluding hydrogens is 747 g/mol. The van der Waals surface area contributed by atoms with Gasteiger partial charge in [0.2, 0.25) is 0 Å². The molecule has 11 rings (SSSR count). The molecule has 10 aromatic rings. The molecule has 0 aliphatic carbocycles. The van der Waals surface area contributed by atoms with Gasteiger partial charge in [0.05, 0.1) is 0 Å². The minimum Gasteiger partial charge on any atom is -0.337 e. The van der Waals surface area contributed by atoms with E-state index in [1.807, 2.05) is 0 Å². The molecule has 0 unspecified atom stereocenters. The molecule has 1 heterocycles. The van der Waals surface area contributed by atoms with E-state index >= 15 is 0 Å². The minimum atomic E-state index is 0.779. The van der Waals surface area contributed by atoms with Crippen LogP contribution < -0.4 is 4.90 Å². The Kier molecular flexibility index (Phi) is 9.48. The zero-order chi connectivity index (χ0) is 41.4. The van der Waals surface area contributed by atoms with Crippen LogP contribution in [0.4, 0.5) is 11.4 Å². The van der Waals surface area contributed by atoms with E-state index in [0.29, 0.717) is 0 Å². The lowest BCUT2D eigenvalue weighted by Crippen LogP contribution is -2.18. The smallest absolute Gasteiger partial charge is 0.0493 e. The highest BCUT2D eigenvalue weighted by atomic mass is 15.1. The van der Waals surface area contributed by atoms with Crippen LogP contribution in [0.25, 0.3) is 93.5 Å². The maximum Gasteiger partial charge on any atom is 0.0493 e. The minimum absolute atomic E-state index is 0.779. The fourth-order valence-electron chi connectivity index (χ4n) is 9.18. The summed E-state index contributed by atoms with van der Waals surface area (Å²) in [5.74, 6) is 0. The Morgan fingerprint density at radius 2 is 0.806 bits per heavy atom. The van der Waals surface area contributed by atoms with E-state index in [1.165, 1.54) is 88.0 Å². The summed E-state index contributed by atoms with van der Waals surface area (Å²) in [5, 5.41) is 7.46. The first-order valence-corrected chi connectivity index (χ1v) is 21.4. The number of para-hydroxylation sites is 1. The van der Waals surface area contributed by atoms with Crippen LogP contribution in [0.1, 0.15) is 5.56 Å². The van der Waals surface area contributed by atoms with E-state index in [-0.39, 0.29) is 0 Å². The largest absolute Gasteiger partial charge is 0.337 e. The molecule has 0 saturated carbocycles. The lowest BCUT2D eigenvalue weighted by Gasteiger charge is -2.26. The van der Waals surface area contributed by atoms with Crippen molar-refractivity contribution in [2.24, 2.45) is 0 Å². The van der Waals surface area contributed by atoms with Gasteiger partial charge in [-0.15, -0.1) is 0 Å². The molecule has 10 aromatic carbocycles. The fraction of sp³-hybridized carbons (Fsp3) is 0.0164. The average Bonchev–Trinajstić information content (AvgIpc) is 3.42. The summed E-state index contributed by atoms with van der Waals surface area (Å²) in [4.78, 5) is 2.36. The van der Waals surface area contributed by atoms with Gasteiger partial charge in [-0.2, -0.15) is 0 Å². The third kappa shape index (κ3) is 7.00. The van der Waals surface area contributed by atoms with Crippen LogP contribution >= 0.6 is 0 Å². The van der Waals surface area contributed by atoms with Gasteiger partial charge in [-0.05, 0) is 142 Å². The molecule has 0 radical (unpaired) electrons. The zero-order valence-electron chi connectivity index (χ0n) is 34.4.